The summed E-state index contributed by atoms with van der Waals surface area (Å²) in [7, 11) is 0. The lowest BCUT2D eigenvalue weighted by Gasteiger charge is -2.16. The number of halogens is 1. The molecule has 1 aromatic carbocycles. The maximum atomic E-state index is 5.96. The monoisotopic (exact) mass is 325 g/mol. The highest BCUT2D eigenvalue weighted by atomic mass is 79.9. The lowest BCUT2D eigenvalue weighted by atomic mass is 10.1. The van der Waals surface area contributed by atoms with E-state index in [-0.39, 0.29) is 6.10 Å². The minimum absolute atomic E-state index is 0.0802. The molecule has 0 aliphatic carbocycles. The van der Waals surface area contributed by atoms with Crippen LogP contribution in [0.1, 0.15) is 22.1 Å². The molecule has 0 radical (unpaired) electrons. The molecule has 2 nitrogen and oxygen atoms in total. The van der Waals surface area contributed by atoms with Gasteiger partial charge in [0.15, 0.2) is 0 Å². The zero-order chi connectivity index (χ0) is 13.1. The summed E-state index contributed by atoms with van der Waals surface area (Å²) in [5, 5.41) is 0. The van der Waals surface area contributed by atoms with E-state index in [1.54, 1.807) is 11.3 Å². The Hall–Kier alpha value is -0.840. The third-order valence-electron chi connectivity index (χ3n) is 2.88. The van der Waals surface area contributed by atoms with Crippen molar-refractivity contribution in [2.24, 2.45) is 5.73 Å². The second kappa shape index (κ2) is 5.87. The summed E-state index contributed by atoms with van der Waals surface area (Å²) in [5.41, 5.74) is 8.30. The number of thiophene rings is 1. The van der Waals surface area contributed by atoms with E-state index in [4.69, 9.17) is 10.5 Å². The summed E-state index contributed by atoms with van der Waals surface area (Å²) in [6.07, 6.45) is -0.0802. The van der Waals surface area contributed by atoms with Gasteiger partial charge in [-0.05, 0) is 65.2 Å². The van der Waals surface area contributed by atoms with Crippen molar-refractivity contribution in [2.45, 2.75) is 20.0 Å². The molecule has 0 bridgehead atoms. The molecule has 4 heteroatoms. The molecule has 0 aliphatic heterocycles. The zero-order valence-electron chi connectivity index (χ0n) is 10.4. The van der Waals surface area contributed by atoms with Crippen LogP contribution >= 0.6 is 27.3 Å². The summed E-state index contributed by atoms with van der Waals surface area (Å²) < 4.78 is 7.06. The Morgan fingerprint density at radius 3 is 2.56 bits per heavy atom. The van der Waals surface area contributed by atoms with Gasteiger partial charge in [0.1, 0.15) is 11.9 Å². The second-order valence-electron chi connectivity index (χ2n) is 4.23. The van der Waals surface area contributed by atoms with Gasteiger partial charge in [0.05, 0.1) is 3.79 Å². The molecule has 1 unspecified atom stereocenters. The predicted octanol–water partition coefficient (Wildman–Crippen LogP) is 4.21. The van der Waals surface area contributed by atoms with Gasteiger partial charge < -0.3 is 10.5 Å². The summed E-state index contributed by atoms with van der Waals surface area (Å²) in [4.78, 5) is 1.14. The Balaban J connectivity index is 2.17. The Bertz CT molecular complexity index is 538. The van der Waals surface area contributed by atoms with Crippen LogP contribution in [0, 0.1) is 13.8 Å². The Morgan fingerprint density at radius 1 is 1.22 bits per heavy atom. The van der Waals surface area contributed by atoms with Gasteiger partial charge in [0.25, 0.3) is 0 Å². The van der Waals surface area contributed by atoms with E-state index in [1.807, 2.05) is 18.2 Å². The van der Waals surface area contributed by atoms with Crippen molar-refractivity contribution in [2.75, 3.05) is 6.54 Å². The highest BCUT2D eigenvalue weighted by molar-refractivity contribution is 9.11. The third-order valence-corrected chi connectivity index (χ3v) is 4.60. The molecule has 0 aliphatic rings. The topological polar surface area (TPSA) is 35.2 Å². The molecule has 1 aromatic heterocycles. The van der Waals surface area contributed by atoms with E-state index in [2.05, 4.69) is 41.9 Å². The molecule has 0 spiro atoms. The molecule has 1 heterocycles. The van der Waals surface area contributed by atoms with Crippen LogP contribution in [0.5, 0.6) is 5.75 Å². The molecular weight excluding hydrogens is 310 g/mol. The van der Waals surface area contributed by atoms with Gasteiger partial charge in [-0.1, -0.05) is 6.07 Å². The van der Waals surface area contributed by atoms with E-state index < -0.39 is 0 Å². The van der Waals surface area contributed by atoms with Crippen LogP contribution in [-0.2, 0) is 0 Å². The van der Waals surface area contributed by atoms with Crippen molar-refractivity contribution in [1.29, 1.82) is 0 Å². The second-order valence-corrected chi connectivity index (χ2v) is 6.72. The smallest absolute Gasteiger partial charge is 0.145 e. The summed E-state index contributed by atoms with van der Waals surface area (Å²) in [5.74, 6) is 0.873. The number of hydrogen-bond acceptors (Lipinski definition) is 3. The minimum Gasteiger partial charge on any atom is -0.484 e. The summed E-state index contributed by atoms with van der Waals surface area (Å²) in [6, 6.07) is 10.2. The van der Waals surface area contributed by atoms with Crippen molar-refractivity contribution in [1.82, 2.24) is 0 Å². The first-order valence-corrected chi connectivity index (χ1v) is 7.40. The van der Waals surface area contributed by atoms with Gasteiger partial charge in [-0.25, -0.2) is 0 Å². The van der Waals surface area contributed by atoms with Gasteiger partial charge in [0, 0.05) is 11.4 Å². The van der Waals surface area contributed by atoms with Crippen molar-refractivity contribution in [3.8, 4) is 5.75 Å². The SMILES string of the molecule is Cc1ccc(OC(CN)c2ccc(Br)s2)cc1C. The van der Waals surface area contributed by atoms with E-state index in [0.717, 1.165) is 14.4 Å². The molecule has 2 N–H and O–H groups in total. The van der Waals surface area contributed by atoms with Gasteiger partial charge >= 0.3 is 0 Å². The van der Waals surface area contributed by atoms with Gasteiger partial charge in [-0.3, -0.25) is 0 Å². The summed E-state index contributed by atoms with van der Waals surface area (Å²) >= 11 is 5.12. The normalized spacial score (nSPS) is 12.4. The van der Waals surface area contributed by atoms with Crippen LogP contribution in [0.3, 0.4) is 0 Å². The van der Waals surface area contributed by atoms with Crippen molar-refractivity contribution in [3.63, 3.8) is 0 Å². The fraction of sp³-hybridized carbons (Fsp3) is 0.286. The van der Waals surface area contributed by atoms with Gasteiger partial charge in [-0.2, -0.15) is 0 Å². The average molecular weight is 326 g/mol. The minimum atomic E-state index is -0.0802. The maximum Gasteiger partial charge on any atom is 0.145 e. The molecule has 0 saturated heterocycles. The number of nitrogens with two attached hydrogens (primary N) is 1. The zero-order valence-corrected chi connectivity index (χ0v) is 12.8. The van der Waals surface area contributed by atoms with Crippen molar-refractivity contribution >= 4 is 27.3 Å². The molecule has 1 atom stereocenters. The number of ether oxygens (including phenoxy) is 1. The average Bonchev–Trinajstić information content (AvgIpc) is 2.77. The van der Waals surface area contributed by atoms with Crippen molar-refractivity contribution < 1.29 is 4.74 Å². The highest BCUT2D eigenvalue weighted by Gasteiger charge is 2.14. The highest BCUT2D eigenvalue weighted by Crippen LogP contribution is 2.30. The molecule has 0 fully saturated rings. The summed E-state index contributed by atoms with van der Waals surface area (Å²) in [6.45, 7) is 4.65. The van der Waals surface area contributed by atoms with Crippen LogP contribution in [0.15, 0.2) is 34.1 Å². The number of rotatable bonds is 4. The van der Waals surface area contributed by atoms with Crippen molar-refractivity contribution in [3.05, 3.63) is 50.1 Å². The fourth-order valence-corrected chi connectivity index (χ4v) is 3.14. The van der Waals surface area contributed by atoms with Gasteiger partial charge in [0.2, 0.25) is 0 Å². The van der Waals surface area contributed by atoms with E-state index in [1.165, 1.54) is 11.1 Å². The number of hydrogen-bond donors (Lipinski definition) is 1. The first-order valence-electron chi connectivity index (χ1n) is 5.79. The predicted molar refractivity (Wildman–Crippen MR) is 80.4 cm³/mol. The number of benzene rings is 1. The number of aryl methyl sites for hydroxylation is 2. The Morgan fingerprint density at radius 2 is 2.00 bits per heavy atom. The molecule has 18 heavy (non-hydrogen) atoms. The molecule has 2 rings (SSSR count). The largest absolute Gasteiger partial charge is 0.484 e. The molecule has 96 valence electrons. The van der Waals surface area contributed by atoms with Crippen LogP contribution < -0.4 is 10.5 Å². The van der Waals surface area contributed by atoms with Crippen LogP contribution in [0.4, 0.5) is 0 Å². The standard InChI is InChI=1S/C14H16BrNOS/c1-9-3-4-11(7-10(9)2)17-12(8-16)13-5-6-14(15)18-13/h3-7,12H,8,16H2,1-2H3. The third kappa shape index (κ3) is 3.13. The quantitative estimate of drug-likeness (QED) is 0.914. The van der Waals surface area contributed by atoms with E-state index >= 15 is 0 Å². The molecule has 2 aromatic rings. The fourth-order valence-electron chi connectivity index (χ4n) is 1.68. The Kier molecular flexibility index (Phi) is 4.43. The Labute approximate surface area is 120 Å². The van der Waals surface area contributed by atoms with Crippen LogP contribution in [0.25, 0.3) is 0 Å². The van der Waals surface area contributed by atoms with Crippen LogP contribution in [0.2, 0.25) is 0 Å². The maximum absolute atomic E-state index is 5.96. The molecule has 0 amide bonds. The first kappa shape index (κ1) is 13.6. The van der Waals surface area contributed by atoms with E-state index in [9.17, 15) is 0 Å². The molecular formula is C14H16BrNOS. The lowest BCUT2D eigenvalue weighted by molar-refractivity contribution is 0.218. The van der Waals surface area contributed by atoms with E-state index in [0.29, 0.717) is 6.54 Å². The van der Waals surface area contributed by atoms with Crippen LogP contribution in [-0.4, -0.2) is 6.54 Å². The molecule has 0 saturated carbocycles. The van der Waals surface area contributed by atoms with Gasteiger partial charge in [-0.15, -0.1) is 11.3 Å². The lowest BCUT2D eigenvalue weighted by Crippen LogP contribution is -2.17. The first-order chi connectivity index (χ1) is 8.60.